The Kier molecular flexibility index (Phi) is 3.35. The Hall–Kier alpha value is -0.570. The van der Waals surface area contributed by atoms with Crippen LogP contribution in [0.15, 0.2) is 0 Å². The van der Waals surface area contributed by atoms with Crippen LogP contribution in [0.3, 0.4) is 0 Å². The number of carbonyl (C=O) groups is 1. The lowest BCUT2D eigenvalue weighted by Gasteiger charge is -2.28. The molecule has 102 valence electrons. The van der Waals surface area contributed by atoms with Gasteiger partial charge < -0.3 is 11.1 Å². The number of hydrogen-bond acceptors (Lipinski definition) is 2. The van der Waals surface area contributed by atoms with E-state index in [1.807, 2.05) is 0 Å². The predicted octanol–water partition coefficient (Wildman–Crippen LogP) is 2.05. The molecule has 2 bridgehead atoms. The van der Waals surface area contributed by atoms with E-state index in [0.29, 0.717) is 18.4 Å². The quantitative estimate of drug-likeness (QED) is 0.784. The van der Waals surface area contributed by atoms with E-state index in [1.54, 1.807) is 0 Å². The zero-order valence-corrected chi connectivity index (χ0v) is 11.4. The smallest absolute Gasteiger partial charge is 0.221 e. The normalized spacial score (nSPS) is 37.6. The van der Waals surface area contributed by atoms with Crippen molar-refractivity contribution in [1.82, 2.24) is 5.32 Å². The van der Waals surface area contributed by atoms with Crippen molar-refractivity contribution in [2.24, 2.45) is 29.4 Å². The molecule has 3 fully saturated rings. The first kappa shape index (κ1) is 12.5. The highest BCUT2D eigenvalue weighted by molar-refractivity contribution is 5.77. The summed E-state index contributed by atoms with van der Waals surface area (Å²) in [6.45, 7) is 2.19. The molecule has 3 aliphatic rings. The topological polar surface area (TPSA) is 55.1 Å². The van der Waals surface area contributed by atoms with Gasteiger partial charge in [-0.1, -0.05) is 6.42 Å². The van der Waals surface area contributed by atoms with E-state index in [-0.39, 0.29) is 11.9 Å². The van der Waals surface area contributed by atoms with Crippen molar-refractivity contribution in [3.05, 3.63) is 0 Å². The molecule has 0 aliphatic heterocycles. The van der Waals surface area contributed by atoms with E-state index in [9.17, 15) is 4.79 Å². The fraction of sp³-hybridized carbons (Fsp3) is 0.933. The third-order valence-corrected chi connectivity index (χ3v) is 5.47. The van der Waals surface area contributed by atoms with Crippen molar-refractivity contribution < 1.29 is 4.79 Å². The van der Waals surface area contributed by atoms with Crippen LogP contribution < -0.4 is 11.1 Å². The molecule has 3 heteroatoms. The van der Waals surface area contributed by atoms with Crippen LogP contribution in [0, 0.1) is 23.7 Å². The van der Waals surface area contributed by atoms with Gasteiger partial charge in [0.1, 0.15) is 0 Å². The molecular weight excluding hydrogens is 224 g/mol. The monoisotopic (exact) mass is 250 g/mol. The predicted molar refractivity (Wildman–Crippen MR) is 71.9 cm³/mol. The Morgan fingerprint density at radius 3 is 2.61 bits per heavy atom. The summed E-state index contributed by atoms with van der Waals surface area (Å²) in [7, 11) is 0. The van der Waals surface area contributed by atoms with Gasteiger partial charge in [0.15, 0.2) is 0 Å². The Morgan fingerprint density at radius 2 is 2.06 bits per heavy atom. The summed E-state index contributed by atoms with van der Waals surface area (Å²) in [5, 5.41) is 3.20. The molecule has 0 radical (unpaired) electrons. The number of nitrogens with two attached hydrogens (primary N) is 1. The maximum Gasteiger partial charge on any atom is 0.221 e. The highest BCUT2D eigenvalue weighted by Gasteiger charge is 2.42. The van der Waals surface area contributed by atoms with E-state index < -0.39 is 0 Å². The van der Waals surface area contributed by atoms with Gasteiger partial charge in [0, 0.05) is 18.5 Å². The van der Waals surface area contributed by atoms with Gasteiger partial charge in [-0.25, -0.2) is 0 Å². The second-order valence-corrected chi connectivity index (χ2v) is 6.90. The molecule has 3 saturated carbocycles. The van der Waals surface area contributed by atoms with E-state index in [0.717, 1.165) is 17.8 Å². The fourth-order valence-electron chi connectivity index (χ4n) is 4.23. The number of nitrogens with one attached hydrogen (secondary N) is 1. The summed E-state index contributed by atoms with van der Waals surface area (Å²) >= 11 is 0. The van der Waals surface area contributed by atoms with Crippen LogP contribution in [0.2, 0.25) is 0 Å². The molecule has 5 atom stereocenters. The molecule has 0 aromatic rings. The van der Waals surface area contributed by atoms with E-state index >= 15 is 0 Å². The zero-order valence-electron chi connectivity index (χ0n) is 11.4. The molecule has 3 rings (SSSR count). The number of carbonyl (C=O) groups excluding carboxylic acids is 1. The van der Waals surface area contributed by atoms with Crippen molar-refractivity contribution in [2.75, 3.05) is 0 Å². The number of hydrogen-bond donors (Lipinski definition) is 2. The highest BCUT2D eigenvalue weighted by Crippen LogP contribution is 2.49. The Labute approximate surface area is 110 Å². The third-order valence-electron chi connectivity index (χ3n) is 5.47. The van der Waals surface area contributed by atoms with Crippen LogP contribution in [0.25, 0.3) is 0 Å². The van der Waals surface area contributed by atoms with E-state index in [4.69, 9.17) is 5.73 Å². The van der Waals surface area contributed by atoms with Crippen molar-refractivity contribution in [2.45, 2.75) is 64.0 Å². The second kappa shape index (κ2) is 4.84. The lowest BCUT2D eigenvalue weighted by molar-refractivity contribution is -0.122. The minimum Gasteiger partial charge on any atom is -0.353 e. The Bertz CT molecular complexity index is 326. The summed E-state index contributed by atoms with van der Waals surface area (Å²) in [5.74, 6) is 3.35. The van der Waals surface area contributed by atoms with Gasteiger partial charge in [0.05, 0.1) is 0 Å². The standard InChI is InChI=1S/C15H26N2O/c1-9(13-7-10-2-3-12(13)6-10)17-15(18)8-14(16)11-4-5-11/h9-14H,2-8,16H2,1H3,(H,17,18). The van der Waals surface area contributed by atoms with Gasteiger partial charge >= 0.3 is 0 Å². The van der Waals surface area contributed by atoms with E-state index in [1.165, 1.54) is 38.5 Å². The number of rotatable bonds is 5. The summed E-state index contributed by atoms with van der Waals surface area (Å²) in [6.07, 6.45) is 8.52. The average Bonchev–Trinajstić information content (AvgIpc) is 2.97. The Morgan fingerprint density at radius 1 is 1.28 bits per heavy atom. The fourth-order valence-corrected chi connectivity index (χ4v) is 4.23. The maximum absolute atomic E-state index is 12.0. The van der Waals surface area contributed by atoms with Crippen LogP contribution >= 0.6 is 0 Å². The summed E-state index contributed by atoms with van der Waals surface area (Å²) < 4.78 is 0. The van der Waals surface area contributed by atoms with Crippen molar-refractivity contribution in [3.8, 4) is 0 Å². The molecule has 5 unspecified atom stereocenters. The van der Waals surface area contributed by atoms with Crippen molar-refractivity contribution in [1.29, 1.82) is 0 Å². The second-order valence-electron chi connectivity index (χ2n) is 6.90. The SMILES string of the molecule is CC(NC(=O)CC(N)C1CC1)C1CC2CCC1C2. The van der Waals surface area contributed by atoms with Gasteiger partial charge in [-0.2, -0.15) is 0 Å². The number of amides is 1. The average molecular weight is 250 g/mol. The van der Waals surface area contributed by atoms with Crippen molar-refractivity contribution in [3.63, 3.8) is 0 Å². The molecule has 1 amide bonds. The van der Waals surface area contributed by atoms with Crippen LogP contribution in [-0.2, 0) is 4.79 Å². The van der Waals surface area contributed by atoms with Crippen LogP contribution in [0.1, 0.15) is 51.9 Å². The van der Waals surface area contributed by atoms with Gasteiger partial charge in [0.25, 0.3) is 0 Å². The lowest BCUT2D eigenvalue weighted by atomic mass is 9.84. The largest absolute Gasteiger partial charge is 0.353 e. The molecule has 18 heavy (non-hydrogen) atoms. The molecule has 0 aromatic heterocycles. The first-order chi connectivity index (χ1) is 8.63. The molecule has 3 N–H and O–H groups in total. The minimum absolute atomic E-state index is 0.0947. The third kappa shape index (κ3) is 2.56. The first-order valence-corrected chi connectivity index (χ1v) is 7.68. The summed E-state index contributed by atoms with van der Waals surface area (Å²) in [5.41, 5.74) is 6.01. The molecular formula is C15H26N2O. The van der Waals surface area contributed by atoms with Gasteiger partial charge in [-0.3, -0.25) is 4.79 Å². The van der Waals surface area contributed by atoms with Gasteiger partial charge in [-0.05, 0) is 62.7 Å². The Balaban J connectivity index is 1.45. The minimum atomic E-state index is 0.0947. The lowest BCUT2D eigenvalue weighted by Crippen LogP contribution is -2.42. The molecule has 3 nitrogen and oxygen atoms in total. The van der Waals surface area contributed by atoms with E-state index in [2.05, 4.69) is 12.2 Å². The van der Waals surface area contributed by atoms with Gasteiger partial charge in [-0.15, -0.1) is 0 Å². The summed E-state index contributed by atoms with van der Waals surface area (Å²) in [6, 6.07) is 0.441. The van der Waals surface area contributed by atoms with Crippen molar-refractivity contribution >= 4 is 5.91 Å². The maximum atomic E-state index is 12.0. The molecule has 0 saturated heterocycles. The van der Waals surface area contributed by atoms with Crippen LogP contribution in [-0.4, -0.2) is 18.0 Å². The van der Waals surface area contributed by atoms with Crippen LogP contribution in [0.4, 0.5) is 0 Å². The zero-order chi connectivity index (χ0) is 12.7. The molecule has 0 aromatic carbocycles. The molecule has 0 heterocycles. The highest BCUT2D eigenvalue weighted by atomic mass is 16.1. The van der Waals surface area contributed by atoms with Gasteiger partial charge in [0.2, 0.25) is 5.91 Å². The summed E-state index contributed by atoms with van der Waals surface area (Å²) in [4.78, 5) is 12.0. The molecule has 3 aliphatic carbocycles. The van der Waals surface area contributed by atoms with Crippen LogP contribution in [0.5, 0.6) is 0 Å². The number of fused-ring (bicyclic) bond motifs is 2. The molecule has 0 spiro atoms. The first-order valence-electron chi connectivity index (χ1n) is 7.68.